The second kappa shape index (κ2) is 12.2. The van der Waals surface area contributed by atoms with E-state index >= 15 is 0 Å². The number of imidazole rings is 1. The summed E-state index contributed by atoms with van der Waals surface area (Å²) in [6.07, 6.45) is 1.82. The molecule has 1 unspecified atom stereocenters. The van der Waals surface area contributed by atoms with Gasteiger partial charge in [-0.1, -0.05) is 41.4 Å². The number of halogens is 2. The maximum absolute atomic E-state index is 12.9. The molecule has 0 aliphatic carbocycles. The van der Waals surface area contributed by atoms with Crippen LogP contribution in [0.5, 0.6) is 11.5 Å². The second-order valence-electron chi connectivity index (χ2n) is 8.06. The fraction of sp³-hybridized carbons (Fsp3) is 0.192. The number of hydrogen-bond donors (Lipinski definition) is 3. The molecule has 2 amide bonds. The summed E-state index contributed by atoms with van der Waals surface area (Å²) in [5.74, 6) is 0.639. The Morgan fingerprint density at radius 2 is 1.84 bits per heavy atom. The van der Waals surface area contributed by atoms with Crippen molar-refractivity contribution in [1.82, 2.24) is 15.3 Å². The van der Waals surface area contributed by atoms with Crippen molar-refractivity contribution in [3.8, 4) is 11.5 Å². The van der Waals surface area contributed by atoms with Crippen molar-refractivity contribution in [2.24, 2.45) is 5.73 Å². The summed E-state index contributed by atoms with van der Waals surface area (Å²) in [4.78, 5) is 32.3. The molecule has 0 saturated heterocycles. The summed E-state index contributed by atoms with van der Waals surface area (Å²) >= 11 is 13.7. The minimum atomic E-state index is -0.802. The van der Waals surface area contributed by atoms with E-state index in [-0.39, 0.29) is 18.8 Å². The largest absolute Gasteiger partial charge is 0.485 e. The maximum Gasteiger partial charge on any atom is 0.252 e. The Labute approximate surface area is 227 Å². The van der Waals surface area contributed by atoms with Gasteiger partial charge in [-0.15, -0.1) is 0 Å². The van der Waals surface area contributed by atoms with Crippen LogP contribution in [-0.2, 0) is 18.0 Å². The molecule has 1 heterocycles. The van der Waals surface area contributed by atoms with Crippen LogP contribution in [0.15, 0.2) is 60.7 Å². The molecular weight excluding hydrogens is 535 g/mol. The Hall–Kier alpha value is -3.40. The number of amides is 2. The van der Waals surface area contributed by atoms with E-state index in [9.17, 15) is 9.59 Å². The van der Waals surface area contributed by atoms with Crippen molar-refractivity contribution in [3.05, 3.63) is 87.7 Å². The lowest BCUT2D eigenvalue weighted by molar-refractivity contribution is -0.119. The van der Waals surface area contributed by atoms with Crippen LogP contribution in [0.2, 0.25) is 10.0 Å². The zero-order valence-corrected chi connectivity index (χ0v) is 22.1. The van der Waals surface area contributed by atoms with Gasteiger partial charge in [0.15, 0.2) is 11.5 Å². The van der Waals surface area contributed by atoms with E-state index < -0.39 is 17.9 Å². The van der Waals surface area contributed by atoms with Crippen LogP contribution in [0.25, 0.3) is 11.0 Å². The number of carbonyl (C=O) groups excluding carboxylic acids is 2. The standard InChI is InChI=1S/C26H24Cl2N4O4S/c1-37-14-21(25(29)33)32-26(34)15-7-9-22(36-13-24-30-19-4-2-3-5-20(19)31-24)23(10-15)35-12-16-6-8-17(27)11-18(16)28/h2-11,21H,12-14H2,1H3,(H2,29,33)(H,30,31)(H,32,34). The minimum Gasteiger partial charge on any atom is -0.485 e. The highest BCUT2D eigenvalue weighted by atomic mass is 35.5. The molecule has 4 rings (SSSR count). The van der Waals surface area contributed by atoms with Crippen LogP contribution in [-0.4, -0.2) is 39.8 Å². The van der Waals surface area contributed by atoms with Gasteiger partial charge in [0.05, 0.1) is 11.0 Å². The predicted molar refractivity (Wildman–Crippen MR) is 146 cm³/mol. The van der Waals surface area contributed by atoms with Crippen molar-refractivity contribution in [1.29, 1.82) is 0 Å². The number of ether oxygens (including phenoxy) is 2. The third-order valence-corrected chi connectivity index (χ3v) is 6.64. The number of rotatable bonds is 11. The van der Waals surface area contributed by atoms with Gasteiger partial charge in [0.2, 0.25) is 5.91 Å². The van der Waals surface area contributed by atoms with Gasteiger partial charge in [-0.2, -0.15) is 11.8 Å². The Morgan fingerprint density at radius 3 is 2.57 bits per heavy atom. The molecule has 0 radical (unpaired) electrons. The van der Waals surface area contributed by atoms with Crippen LogP contribution in [0.3, 0.4) is 0 Å². The molecule has 0 aliphatic heterocycles. The number of aromatic amines is 1. The van der Waals surface area contributed by atoms with Crippen LogP contribution in [0.1, 0.15) is 21.7 Å². The van der Waals surface area contributed by atoms with Crippen LogP contribution in [0, 0.1) is 0 Å². The van der Waals surface area contributed by atoms with Crippen molar-refractivity contribution in [2.45, 2.75) is 19.3 Å². The van der Waals surface area contributed by atoms with E-state index in [1.807, 2.05) is 30.5 Å². The summed E-state index contributed by atoms with van der Waals surface area (Å²) in [6.45, 7) is 0.258. The number of aromatic nitrogens is 2. The number of fused-ring (bicyclic) bond motifs is 1. The van der Waals surface area contributed by atoms with E-state index in [4.69, 9.17) is 38.4 Å². The molecule has 8 nitrogen and oxygen atoms in total. The van der Waals surface area contributed by atoms with Gasteiger partial charge in [0.25, 0.3) is 5.91 Å². The van der Waals surface area contributed by atoms with E-state index in [1.54, 1.807) is 36.4 Å². The van der Waals surface area contributed by atoms with Gasteiger partial charge >= 0.3 is 0 Å². The van der Waals surface area contributed by atoms with Crippen molar-refractivity contribution in [2.75, 3.05) is 12.0 Å². The number of hydrogen-bond acceptors (Lipinski definition) is 6. The number of nitrogens with one attached hydrogen (secondary N) is 2. The highest BCUT2D eigenvalue weighted by Gasteiger charge is 2.20. The predicted octanol–water partition coefficient (Wildman–Crippen LogP) is 4.97. The quantitative estimate of drug-likeness (QED) is 0.239. The monoisotopic (exact) mass is 558 g/mol. The van der Waals surface area contributed by atoms with Gasteiger partial charge in [-0.05, 0) is 48.7 Å². The molecule has 0 saturated carbocycles. The van der Waals surface area contributed by atoms with Crippen LogP contribution < -0.4 is 20.5 Å². The van der Waals surface area contributed by atoms with E-state index in [1.165, 1.54) is 11.8 Å². The SMILES string of the molecule is CSCC(NC(=O)c1ccc(OCc2nc3ccccc3[nH]2)c(OCc2ccc(Cl)cc2Cl)c1)C(N)=O. The highest BCUT2D eigenvalue weighted by molar-refractivity contribution is 7.98. The lowest BCUT2D eigenvalue weighted by Crippen LogP contribution is -2.46. The first-order valence-corrected chi connectivity index (χ1v) is 13.4. The van der Waals surface area contributed by atoms with Crippen LogP contribution >= 0.6 is 35.0 Å². The lowest BCUT2D eigenvalue weighted by Gasteiger charge is -2.17. The van der Waals surface area contributed by atoms with Gasteiger partial charge in [0.1, 0.15) is 25.1 Å². The summed E-state index contributed by atoms with van der Waals surface area (Å²) in [6, 6.07) is 16.7. The van der Waals surface area contributed by atoms with Crippen molar-refractivity contribution < 1.29 is 19.1 Å². The average molecular weight is 559 g/mol. The fourth-order valence-corrected chi connectivity index (χ4v) is 4.54. The van der Waals surface area contributed by atoms with Crippen molar-refractivity contribution in [3.63, 3.8) is 0 Å². The second-order valence-corrected chi connectivity index (χ2v) is 9.81. The Morgan fingerprint density at radius 1 is 1.05 bits per heavy atom. The molecule has 0 bridgehead atoms. The number of benzene rings is 3. The zero-order valence-electron chi connectivity index (χ0n) is 19.8. The third kappa shape index (κ3) is 6.88. The molecule has 1 atom stereocenters. The number of nitrogens with two attached hydrogens (primary N) is 1. The Kier molecular flexibility index (Phi) is 8.81. The first-order chi connectivity index (χ1) is 17.8. The molecule has 4 aromatic rings. The average Bonchev–Trinajstić information content (AvgIpc) is 3.30. The molecule has 0 spiro atoms. The lowest BCUT2D eigenvalue weighted by atomic mass is 10.1. The summed E-state index contributed by atoms with van der Waals surface area (Å²) in [5.41, 5.74) is 8.13. The van der Waals surface area contributed by atoms with Gasteiger partial charge in [-0.3, -0.25) is 9.59 Å². The topological polar surface area (TPSA) is 119 Å². The molecule has 37 heavy (non-hydrogen) atoms. The number of para-hydroxylation sites is 2. The first-order valence-electron chi connectivity index (χ1n) is 11.2. The third-order valence-electron chi connectivity index (χ3n) is 5.39. The molecule has 11 heteroatoms. The molecule has 0 fully saturated rings. The number of carbonyl (C=O) groups is 2. The maximum atomic E-state index is 12.9. The van der Waals surface area contributed by atoms with Gasteiger partial charge in [0, 0.05) is 26.9 Å². The summed E-state index contributed by atoms with van der Waals surface area (Å²) in [7, 11) is 0. The zero-order chi connectivity index (χ0) is 26.4. The number of thioether (sulfide) groups is 1. The number of nitrogens with zero attached hydrogens (tertiary/aromatic N) is 1. The van der Waals surface area contributed by atoms with Crippen LogP contribution in [0.4, 0.5) is 0 Å². The smallest absolute Gasteiger partial charge is 0.252 e. The normalized spacial score (nSPS) is 11.8. The number of primary amides is 1. The van der Waals surface area contributed by atoms with Gasteiger partial charge < -0.3 is 25.5 Å². The molecule has 1 aromatic heterocycles. The Bertz CT molecular complexity index is 1400. The van der Waals surface area contributed by atoms with Crippen molar-refractivity contribution >= 4 is 57.8 Å². The first kappa shape index (κ1) is 26.7. The summed E-state index contributed by atoms with van der Waals surface area (Å²) < 4.78 is 12.0. The molecule has 4 N–H and O–H groups in total. The van der Waals surface area contributed by atoms with E-state index in [0.717, 1.165) is 11.0 Å². The highest BCUT2D eigenvalue weighted by Crippen LogP contribution is 2.31. The van der Waals surface area contributed by atoms with Gasteiger partial charge in [-0.25, -0.2) is 4.98 Å². The van der Waals surface area contributed by atoms with E-state index in [2.05, 4.69) is 15.3 Å². The molecular formula is C26H24Cl2N4O4S. The summed E-state index contributed by atoms with van der Waals surface area (Å²) in [5, 5.41) is 3.62. The Balaban J connectivity index is 1.56. The molecule has 3 aromatic carbocycles. The molecule has 0 aliphatic rings. The molecule has 192 valence electrons. The fourth-order valence-electron chi connectivity index (χ4n) is 3.50. The number of H-pyrrole nitrogens is 1. The minimum absolute atomic E-state index is 0.110. The van der Waals surface area contributed by atoms with E-state index in [0.29, 0.717) is 38.7 Å².